The molecular formula is C15H11ClN2O4S. The van der Waals surface area contributed by atoms with Crippen molar-refractivity contribution in [3.63, 3.8) is 0 Å². The van der Waals surface area contributed by atoms with Crippen molar-refractivity contribution in [2.24, 2.45) is 0 Å². The summed E-state index contributed by atoms with van der Waals surface area (Å²) >= 11 is 5.95. The Morgan fingerprint density at radius 1 is 1.22 bits per heavy atom. The molecule has 0 saturated heterocycles. The lowest BCUT2D eigenvalue weighted by Gasteiger charge is -2.08. The Kier molecular flexibility index (Phi) is 3.62. The zero-order valence-electron chi connectivity index (χ0n) is 11.9. The van der Waals surface area contributed by atoms with Gasteiger partial charge in [-0.05, 0) is 31.2 Å². The fraction of sp³-hybridized carbons (Fsp3) is 0.0667. The topological polar surface area (TPSA) is 89.3 Å². The van der Waals surface area contributed by atoms with Gasteiger partial charge in [-0.15, -0.1) is 0 Å². The number of aromatic nitrogens is 2. The third-order valence-electron chi connectivity index (χ3n) is 3.40. The molecule has 0 radical (unpaired) electrons. The van der Waals surface area contributed by atoms with E-state index in [1.807, 2.05) is 6.92 Å². The lowest BCUT2D eigenvalue weighted by atomic mass is 10.2. The molecule has 0 unspecified atom stereocenters. The second-order valence-electron chi connectivity index (χ2n) is 4.97. The van der Waals surface area contributed by atoms with Gasteiger partial charge < -0.3 is 5.11 Å². The number of rotatable bonds is 3. The van der Waals surface area contributed by atoms with E-state index in [4.69, 9.17) is 16.7 Å². The molecule has 118 valence electrons. The largest absolute Gasteiger partial charge is 0.477 e. The SMILES string of the molecule is Cc1ccc(S(=O)(=O)n2ccc3c(Cl)nc(C(=O)O)cc32)cc1. The fourth-order valence-corrected chi connectivity index (χ4v) is 3.80. The van der Waals surface area contributed by atoms with Crippen LogP contribution in [0.4, 0.5) is 0 Å². The average molecular weight is 351 g/mol. The number of hydrogen-bond acceptors (Lipinski definition) is 4. The highest BCUT2D eigenvalue weighted by Gasteiger charge is 2.21. The number of halogens is 1. The predicted octanol–water partition coefficient (Wildman–Crippen LogP) is 2.93. The highest BCUT2D eigenvalue weighted by molar-refractivity contribution is 7.90. The van der Waals surface area contributed by atoms with Crippen molar-refractivity contribution in [2.45, 2.75) is 11.8 Å². The third-order valence-corrected chi connectivity index (χ3v) is 5.39. The first-order chi connectivity index (χ1) is 10.8. The molecule has 0 spiro atoms. The molecule has 0 aliphatic carbocycles. The van der Waals surface area contributed by atoms with Gasteiger partial charge in [-0.1, -0.05) is 29.3 Å². The highest BCUT2D eigenvalue weighted by atomic mass is 35.5. The van der Waals surface area contributed by atoms with Crippen molar-refractivity contribution in [3.8, 4) is 0 Å². The maximum Gasteiger partial charge on any atom is 0.354 e. The minimum Gasteiger partial charge on any atom is -0.477 e. The zero-order chi connectivity index (χ0) is 16.8. The van der Waals surface area contributed by atoms with Gasteiger partial charge in [0.15, 0.2) is 5.69 Å². The smallest absolute Gasteiger partial charge is 0.354 e. The molecule has 2 heterocycles. The molecule has 0 aliphatic heterocycles. The molecule has 3 rings (SSSR count). The maximum absolute atomic E-state index is 12.8. The van der Waals surface area contributed by atoms with E-state index in [0.29, 0.717) is 5.39 Å². The van der Waals surface area contributed by atoms with Crippen LogP contribution in [0.3, 0.4) is 0 Å². The molecule has 23 heavy (non-hydrogen) atoms. The van der Waals surface area contributed by atoms with Crippen LogP contribution in [0.5, 0.6) is 0 Å². The lowest BCUT2D eigenvalue weighted by Crippen LogP contribution is -2.12. The second kappa shape index (κ2) is 5.36. The quantitative estimate of drug-likeness (QED) is 0.733. The van der Waals surface area contributed by atoms with Gasteiger partial charge in [0.05, 0.1) is 10.4 Å². The Morgan fingerprint density at radius 2 is 1.87 bits per heavy atom. The van der Waals surface area contributed by atoms with Crippen LogP contribution in [0.1, 0.15) is 16.1 Å². The number of fused-ring (bicyclic) bond motifs is 1. The summed E-state index contributed by atoms with van der Waals surface area (Å²) in [4.78, 5) is 14.9. The van der Waals surface area contributed by atoms with E-state index >= 15 is 0 Å². The molecule has 3 aromatic rings. The van der Waals surface area contributed by atoms with Crippen molar-refractivity contribution in [3.05, 3.63) is 59.0 Å². The van der Waals surface area contributed by atoms with Crippen LogP contribution in [0.15, 0.2) is 47.5 Å². The Morgan fingerprint density at radius 3 is 2.48 bits per heavy atom. The van der Waals surface area contributed by atoms with E-state index in [9.17, 15) is 13.2 Å². The van der Waals surface area contributed by atoms with Gasteiger partial charge in [-0.3, -0.25) is 0 Å². The first kappa shape index (κ1) is 15.5. The molecule has 0 bridgehead atoms. The lowest BCUT2D eigenvalue weighted by molar-refractivity contribution is 0.0690. The number of carboxylic acids is 1. The molecular weight excluding hydrogens is 340 g/mol. The van der Waals surface area contributed by atoms with Crippen LogP contribution in [0.2, 0.25) is 5.15 Å². The van der Waals surface area contributed by atoms with Gasteiger partial charge >= 0.3 is 5.97 Å². The van der Waals surface area contributed by atoms with Crippen LogP contribution in [-0.2, 0) is 10.0 Å². The first-order valence-electron chi connectivity index (χ1n) is 6.54. The van der Waals surface area contributed by atoms with Crippen molar-refractivity contribution >= 4 is 38.5 Å². The van der Waals surface area contributed by atoms with E-state index < -0.39 is 16.0 Å². The normalized spacial score (nSPS) is 11.7. The van der Waals surface area contributed by atoms with Crippen molar-refractivity contribution in [1.29, 1.82) is 0 Å². The number of aromatic carboxylic acids is 1. The second-order valence-corrected chi connectivity index (χ2v) is 7.14. The molecule has 1 N–H and O–H groups in total. The third kappa shape index (κ3) is 2.58. The number of benzene rings is 1. The average Bonchev–Trinajstić information content (AvgIpc) is 2.92. The summed E-state index contributed by atoms with van der Waals surface area (Å²) in [5.41, 5.74) is 0.784. The standard InChI is InChI=1S/C15H11ClN2O4S/c1-9-2-4-10(5-3-9)23(21,22)18-7-6-11-13(18)8-12(15(19)20)17-14(11)16/h2-8H,1H3,(H,19,20). The van der Waals surface area contributed by atoms with Crippen LogP contribution in [0, 0.1) is 6.92 Å². The first-order valence-corrected chi connectivity index (χ1v) is 8.35. The molecule has 6 nitrogen and oxygen atoms in total. The summed E-state index contributed by atoms with van der Waals surface area (Å²) in [6.45, 7) is 1.85. The molecule has 0 aliphatic rings. The van der Waals surface area contributed by atoms with Gasteiger partial charge in [0.2, 0.25) is 0 Å². The van der Waals surface area contributed by atoms with Crippen LogP contribution >= 0.6 is 11.6 Å². The van der Waals surface area contributed by atoms with E-state index in [1.54, 1.807) is 12.1 Å². The Bertz CT molecular complexity index is 1020. The minimum absolute atomic E-state index is 0.0576. The number of pyridine rings is 1. The number of nitrogens with zero attached hydrogens (tertiary/aromatic N) is 2. The summed E-state index contributed by atoms with van der Waals surface area (Å²) in [6.07, 6.45) is 1.33. The van der Waals surface area contributed by atoms with E-state index in [2.05, 4.69) is 4.98 Å². The van der Waals surface area contributed by atoms with Gasteiger partial charge in [0, 0.05) is 11.6 Å². The molecule has 2 aromatic heterocycles. The summed E-state index contributed by atoms with van der Waals surface area (Å²) in [5.74, 6) is -1.28. The summed E-state index contributed by atoms with van der Waals surface area (Å²) in [7, 11) is -3.86. The molecule has 1 aromatic carbocycles. The van der Waals surface area contributed by atoms with E-state index in [-0.39, 0.29) is 21.3 Å². The number of carbonyl (C=O) groups is 1. The Hall–Kier alpha value is -2.38. The predicted molar refractivity (Wildman–Crippen MR) is 85.5 cm³/mol. The van der Waals surface area contributed by atoms with Crippen LogP contribution < -0.4 is 0 Å². The Labute approximate surface area is 137 Å². The monoisotopic (exact) mass is 350 g/mol. The molecule has 8 heteroatoms. The number of carboxylic acid groups (broad SMARTS) is 1. The van der Waals surface area contributed by atoms with Gasteiger partial charge in [0.1, 0.15) is 5.15 Å². The molecule has 0 fully saturated rings. The minimum atomic E-state index is -3.86. The van der Waals surface area contributed by atoms with Crippen LogP contribution in [0.25, 0.3) is 10.9 Å². The number of aryl methyl sites for hydroxylation is 1. The van der Waals surface area contributed by atoms with Crippen molar-refractivity contribution < 1.29 is 18.3 Å². The maximum atomic E-state index is 12.8. The van der Waals surface area contributed by atoms with Crippen molar-refractivity contribution in [2.75, 3.05) is 0 Å². The fourth-order valence-electron chi connectivity index (χ4n) is 2.21. The molecule has 0 saturated carbocycles. The summed E-state index contributed by atoms with van der Waals surface area (Å²) < 4.78 is 26.5. The number of hydrogen-bond donors (Lipinski definition) is 1. The van der Waals surface area contributed by atoms with E-state index in [0.717, 1.165) is 9.54 Å². The van der Waals surface area contributed by atoms with Gasteiger partial charge in [-0.25, -0.2) is 22.2 Å². The van der Waals surface area contributed by atoms with E-state index in [1.165, 1.54) is 30.5 Å². The molecule has 0 amide bonds. The summed E-state index contributed by atoms with van der Waals surface area (Å²) in [6, 6.07) is 9.05. The zero-order valence-corrected chi connectivity index (χ0v) is 13.5. The van der Waals surface area contributed by atoms with Crippen molar-refractivity contribution in [1.82, 2.24) is 8.96 Å². The molecule has 0 atom stereocenters. The van der Waals surface area contributed by atoms with Gasteiger partial charge in [0.25, 0.3) is 10.0 Å². The van der Waals surface area contributed by atoms with Gasteiger partial charge in [-0.2, -0.15) is 0 Å². The van der Waals surface area contributed by atoms with Crippen LogP contribution in [-0.4, -0.2) is 28.5 Å². The highest BCUT2D eigenvalue weighted by Crippen LogP contribution is 2.27. The summed E-state index contributed by atoms with van der Waals surface area (Å²) in [5, 5.41) is 9.38. The Balaban J connectivity index is 2.27.